The Balaban J connectivity index is 1.74. The molecule has 0 aliphatic carbocycles. The molecule has 21 heavy (non-hydrogen) atoms. The first-order chi connectivity index (χ1) is 10.1. The molecule has 0 radical (unpaired) electrons. The van der Waals surface area contributed by atoms with E-state index in [2.05, 4.69) is 4.72 Å². The van der Waals surface area contributed by atoms with Crippen LogP contribution in [0.5, 0.6) is 0 Å². The molecule has 0 saturated carbocycles. The van der Waals surface area contributed by atoms with Gasteiger partial charge >= 0.3 is 7.12 Å². The minimum Gasteiger partial charge on any atom is -0.423 e. The Hall–Kier alpha value is -1.67. The fourth-order valence-corrected chi connectivity index (χ4v) is 3.29. The molecule has 1 heterocycles. The van der Waals surface area contributed by atoms with E-state index in [4.69, 9.17) is 4.65 Å². The molecule has 3 rings (SSSR count). The van der Waals surface area contributed by atoms with Crippen LogP contribution in [-0.4, -0.2) is 20.6 Å². The summed E-state index contributed by atoms with van der Waals surface area (Å²) < 4.78 is 31.9. The zero-order valence-electron chi connectivity index (χ0n) is 11.2. The van der Waals surface area contributed by atoms with Crippen molar-refractivity contribution in [2.24, 2.45) is 0 Å². The van der Waals surface area contributed by atoms with Crippen molar-refractivity contribution in [2.45, 2.75) is 18.0 Å². The highest BCUT2D eigenvalue weighted by Gasteiger charge is 2.27. The van der Waals surface area contributed by atoms with Gasteiger partial charge in [0.1, 0.15) is 0 Å². The van der Waals surface area contributed by atoms with Gasteiger partial charge < -0.3 is 9.68 Å². The van der Waals surface area contributed by atoms with Gasteiger partial charge in [-0.1, -0.05) is 36.4 Å². The van der Waals surface area contributed by atoms with E-state index in [1.807, 2.05) is 6.07 Å². The lowest BCUT2D eigenvalue weighted by atomic mass is 9.79. The molecular weight excluding hydrogens is 289 g/mol. The maximum absolute atomic E-state index is 12.1. The van der Waals surface area contributed by atoms with Gasteiger partial charge in [-0.3, -0.25) is 0 Å². The van der Waals surface area contributed by atoms with Crippen LogP contribution in [0.15, 0.2) is 53.4 Å². The summed E-state index contributed by atoms with van der Waals surface area (Å²) in [6, 6.07) is 13.6. The zero-order chi connectivity index (χ0) is 14.9. The number of rotatable bonds is 4. The number of benzene rings is 2. The van der Waals surface area contributed by atoms with Gasteiger partial charge in [-0.05, 0) is 28.7 Å². The average Bonchev–Trinajstić information content (AvgIpc) is 2.87. The van der Waals surface area contributed by atoms with Crippen LogP contribution in [0.25, 0.3) is 0 Å². The molecule has 0 unspecified atom stereocenters. The Kier molecular flexibility index (Phi) is 3.82. The Labute approximate surface area is 123 Å². The molecular formula is C14H14BNO4S. The van der Waals surface area contributed by atoms with Gasteiger partial charge in [0.25, 0.3) is 0 Å². The maximum atomic E-state index is 12.1. The minimum absolute atomic E-state index is 0.195. The molecule has 5 nitrogen and oxygen atoms in total. The lowest BCUT2D eigenvalue weighted by Crippen LogP contribution is -2.28. The molecule has 0 bridgehead atoms. The number of fused-ring (bicyclic) bond motifs is 1. The summed E-state index contributed by atoms with van der Waals surface area (Å²) in [7, 11) is -4.39. The van der Waals surface area contributed by atoms with Crippen molar-refractivity contribution in [3.8, 4) is 0 Å². The van der Waals surface area contributed by atoms with E-state index >= 15 is 0 Å². The van der Waals surface area contributed by atoms with E-state index < -0.39 is 17.1 Å². The van der Waals surface area contributed by atoms with Crippen LogP contribution in [-0.2, 0) is 27.8 Å². The van der Waals surface area contributed by atoms with Crippen LogP contribution in [0.2, 0.25) is 0 Å². The molecule has 1 aliphatic rings. The van der Waals surface area contributed by atoms with Crippen molar-refractivity contribution in [1.29, 1.82) is 0 Å². The molecule has 0 aromatic heterocycles. The summed E-state index contributed by atoms with van der Waals surface area (Å²) >= 11 is 0. The number of hydrogen-bond acceptors (Lipinski definition) is 4. The van der Waals surface area contributed by atoms with E-state index in [1.165, 1.54) is 0 Å². The summed E-state index contributed by atoms with van der Waals surface area (Å²) in [5.74, 6) is 0. The van der Waals surface area contributed by atoms with Crippen molar-refractivity contribution in [3.63, 3.8) is 0 Å². The average molecular weight is 303 g/mol. The third-order valence-corrected chi connectivity index (χ3v) is 4.81. The second-order valence-corrected chi connectivity index (χ2v) is 6.60. The van der Waals surface area contributed by atoms with E-state index in [9.17, 15) is 13.4 Å². The molecule has 0 saturated heterocycles. The fraction of sp³-hybridized carbons (Fsp3) is 0.143. The Morgan fingerprint density at radius 3 is 2.71 bits per heavy atom. The van der Waals surface area contributed by atoms with Crippen LogP contribution in [0.3, 0.4) is 0 Å². The van der Waals surface area contributed by atoms with Crippen LogP contribution in [0.1, 0.15) is 11.1 Å². The lowest BCUT2D eigenvalue weighted by Gasteiger charge is -2.08. The molecule has 108 valence electrons. The summed E-state index contributed by atoms with van der Waals surface area (Å²) in [6.45, 7) is 0.538. The molecule has 7 heteroatoms. The Morgan fingerprint density at radius 2 is 1.95 bits per heavy atom. The van der Waals surface area contributed by atoms with E-state index in [0.717, 1.165) is 16.6 Å². The maximum Gasteiger partial charge on any atom is 0.491 e. The third kappa shape index (κ3) is 3.01. The standard InChI is InChI=1S/C14H14BNO4S/c17-15-14-7-6-11(8-12(14)10-20-15)9-16-21(18,19)13-4-2-1-3-5-13/h1-8,16-17H,9-10H2. The van der Waals surface area contributed by atoms with Crippen LogP contribution in [0.4, 0.5) is 0 Å². The minimum atomic E-state index is -3.51. The predicted octanol–water partition coefficient (Wildman–Crippen LogP) is 0.383. The normalized spacial score (nSPS) is 14.2. The molecule has 1 aliphatic heterocycles. The lowest BCUT2D eigenvalue weighted by molar-refractivity contribution is 0.275. The van der Waals surface area contributed by atoms with Crippen molar-refractivity contribution in [2.75, 3.05) is 0 Å². The quantitative estimate of drug-likeness (QED) is 0.801. The van der Waals surface area contributed by atoms with Crippen LogP contribution >= 0.6 is 0 Å². The molecule has 0 atom stereocenters. The number of sulfonamides is 1. The number of nitrogens with one attached hydrogen (secondary N) is 1. The first-order valence-electron chi connectivity index (χ1n) is 6.52. The van der Waals surface area contributed by atoms with Gasteiger partial charge in [0.15, 0.2) is 0 Å². The Bertz CT molecular complexity index is 749. The predicted molar refractivity (Wildman–Crippen MR) is 79.3 cm³/mol. The largest absolute Gasteiger partial charge is 0.491 e. The highest BCUT2D eigenvalue weighted by atomic mass is 32.2. The molecule has 2 aromatic carbocycles. The molecule has 2 N–H and O–H groups in total. The Morgan fingerprint density at radius 1 is 1.19 bits per heavy atom. The second-order valence-electron chi connectivity index (χ2n) is 4.83. The molecule has 0 amide bonds. The monoisotopic (exact) mass is 303 g/mol. The van der Waals surface area contributed by atoms with Gasteiger partial charge in [-0.2, -0.15) is 0 Å². The smallest absolute Gasteiger partial charge is 0.423 e. The van der Waals surface area contributed by atoms with E-state index in [-0.39, 0.29) is 11.4 Å². The van der Waals surface area contributed by atoms with Gasteiger partial charge in [0.2, 0.25) is 10.0 Å². The van der Waals surface area contributed by atoms with Crippen LogP contribution in [0, 0.1) is 0 Å². The molecule has 0 spiro atoms. The van der Waals surface area contributed by atoms with Crippen molar-refractivity contribution in [3.05, 3.63) is 59.7 Å². The first kappa shape index (κ1) is 14.3. The zero-order valence-corrected chi connectivity index (χ0v) is 12.0. The highest BCUT2D eigenvalue weighted by molar-refractivity contribution is 7.89. The summed E-state index contributed by atoms with van der Waals surface area (Å²) in [4.78, 5) is 0.241. The van der Waals surface area contributed by atoms with Gasteiger partial charge in [-0.25, -0.2) is 13.1 Å². The SMILES string of the molecule is O=S(=O)(NCc1ccc2c(c1)COB2O)c1ccccc1. The molecule has 2 aromatic rings. The topological polar surface area (TPSA) is 75.6 Å². The van der Waals surface area contributed by atoms with E-state index in [1.54, 1.807) is 42.5 Å². The summed E-state index contributed by atoms with van der Waals surface area (Å²) in [5, 5.41) is 9.55. The fourth-order valence-electron chi connectivity index (χ4n) is 2.25. The van der Waals surface area contributed by atoms with Gasteiger partial charge in [0.05, 0.1) is 11.5 Å². The van der Waals surface area contributed by atoms with Gasteiger partial charge in [-0.15, -0.1) is 0 Å². The first-order valence-corrected chi connectivity index (χ1v) is 8.01. The van der Waals surface area contributed by atoms with E-state index in [0.29, 0.717) is 6.61 Å². The third-order valence-electron chi connectivity index (χ3n) is 3.39. The highest BCUT2D eigenvalue weighted by Crippen LogP contribution is 2.13. The van der Waals surface area contributed by atoms with Crippen LogP contribution < -0.4 is 10.2 Å². The number of hydrogen-bond donors (Lipinski definition) is 2. The summed E-state index contributed by atoms with van der Waals surface area (Å²) in [5.41, 5.74) is 2.45. The second kappa shape index (κ2) is 5.61. The molecule has 0 fully saturated rings. The van der Waals surface area contributed by atoms with Crippen molar-refractivity contribution in [1.82, 2.24) is 4.72 Å². The summed E-state index contributed by atoms with van der Waals surface area (Å²) in [6.07, 6.45) is 0. The van der Waals surface area contributed by atoms with Crippen molar-refractivity contribution >= 4 is 22.6 Å². The van der Waals surface area contributed by atoms with Crippen molar-refractivity contribution < 1.29 is 18.1 Å². The van der Waals surface area contributed by atoms with Gasteiger partial charge in [0, 0.05) is 6.54 Å².